The molecule has 2 atom stereocenters. The molecule has 1 heterocycles. The van der Waals surface area contributed by atoms with Crippen LogP contribution in [0.1, 0.15) is 73.6 Å². The van der Waals surface area contributed by atoms with E-state index in [1.807, 2.05) is 6.92 Å². The van der Waals surface area contributed by atoms with Gasteiger partial charge in [-0.3, -0.25) is 0 Å². The zero-order valence-corrected chi connectivity index (χ0v) is 12.5. The van der Waals surface area contributed by atoms with Crippen LogP contribution in [0, 0.1) is 5.92 Å². The van der Waals surface area contributed by atoms with Crippen molar-refractivity contribution in [3.8, 4) is 0 Å². The predicted molar refractivity (Wildman–Crippen MR) is 72.1 cm³/mol. The predicted octanol–water partition coefficient (Wildman–Crippen LogP) is 3.91. The second-order valence-corrected chi connectivity index (χ2v) is 7.04. The molecule has 0 bridgehead atoms. The van der Waals surface area contributed by atoms with Crippen molar-refractivity contribution in [1.29, 1.82) is 0 Å². The average molecular weight is 242 g/mol. The van der Waals surface area contributed by atoms with Crippen molar-refractivity contribution >= 4 is 0 Å². The van der Waals surface area contributed by atoms with Gasteiger partial charge in [0.1, 0.15) is 0 Å². The fraction of sp³-hybridized carbons (Fsp3) is 1.00. The van der Waals surface area contributed by atoms with Gasteiger partial charge < -0.3 is 9.84 Å². The Morgan fingerprint density at radius 1 is 1.24 bits per heavy atom. The van der Waals surface area contributed by atoms with Crippen molar-refractivity contribution in [2.45, 2.75) is 90.4 Å². The van der Waals surface area contributed by atoms with Gasteiger partial charge in [-0.05, 0) is 47.5 Å². The van der Waals surface area contributed by atoms with E-state index in [0.717, 1.165) is 19.3 Å². The molecule has 0 aromatic rings. The Hall–Kier alpha value is -0.0800. The summed E-state index contributed by atoms with van der Waals surface area (Å²) in [5.41, 5.74) is -0.936. The fourth-order valence-electron chi connectivity index (χ4n) is 3.44. The first-order chi connectivity index (χ1) is 7.61. The van der Waals surface area contributed by atoms with E-state index in [0.29, 0.717) is 0 Å². The first-order valence-electron chi connectivity index (χ1n) is 7.03. The Morgan fingerprint density at radius 3 is 2.24 bits per heavy atom. The third-order valence-electron chi connectivity index (χ3n) is 4.11. The van der Waals surface area contributed by atoms with Gasteiger partial charge in [0.2, 0.25) is 0 Å². The largest absolute Gasteiger partial charge is 0.390 e. The first-order valence-corrected chi connectivity index (χ1v) is 7.03. The number of hydrogen-bond donors (Lipinski definition) is 1. The van der Waals surface area contributed by atoms with Gasteiger partial charge in [0, 0.05) is 5.92 Å². The second-order valence-electron chi connectivity index (χ2n) is 7.04. The topological polar surface area (TPSA) is 29.5 Å². The molecule has 1 saturated heterocycles. The van der Waals surface area contributed by atoms with E-state index >= 15 is 0 Å². The van der Waals surface area contributed by atoms with E-state index in [2.05, 4.69) is 34.6 Å². The maximum atomic E-state index is 10.7. The van der Waals surface area contributed by atoms with Gasteiger partial charge in [-0.25, -0.2) is 0 Å². The minimum atomic E-state index is -0.605. The molecule has 17 heavy (non-hydrogen) atoms. The molecule has 0 saturated carbocycles. The molecule has 0 radical (unpaired) electrons. The Balaban J connectivity index is 2.70. The molecule has 0 aromatic carbocycles. The highest BCUT2D eigenvalue weighted by Crippen LogP contribution is 2.48. The van der Waals surface area contributed by atoms with Crippen LogP contribution >= 0.6 is 0 Å². The van der Waals surface area contributed by atoms with Gasteiger partial charge >= 0.3 is 0 Å². The Labute approximate surface area is 107 Å². The molecule has 102 valence electrons. The van der Waals surface area contributed by atoms with E-state index in [1.165, 1.54) is 12.8 Å². The van der Waals surface area contributed by atoms with Crippen LogP contribution in [-0.4, -0.2) is 21.9 Å². The number of unbranched alkanes of at least 4 members (excludes halogenated alkanes) is 2. The summed E-state index contributed by atoms with van der Waals surface area (Å²) < 4.78 is 6.08. The Kier molecular flexibility index (Phi) is 4.31. The van der Waals surface area contributed by atoms with Gasteiger partial charge in [-0.15, -0.1) is 0 Å². The maximum absolute atomic E-state index is 10.7. The minimum Gasteiger partial charge on any atom is -0.390 e. The number of hydrogen-bond acceptors (Lipinski definition) is 2. The quantitative estimate of drug-likeness (QED) is 0.741. The van der Waals surface area contributed by atoms with Gasteiger partial charge in [-0.1, -0.05) is 26.2 Å². The zero-order chi connectivity index (χ0) is 13.3. The normalized spacial score (nSPS) is 30.2. The molecule has 1 aliphatic heterocycles. The highest BCUT2D eigenvalue weighted by atomic mass is 16.5. The molecular weight excluding hydrogens is 212 g/mol. The summed E-state index contributed by atoms with van der Waals surface area (Å²) in [6, 6.07) is 0. The van der Waals surface area contributed by atoms with Crippen LogP contribution in [0.4, 0.5) is 0 Å². The van der Waals surface area contributed by atoms with E-state index < -0.39 is 5.60 Å². The molecule has 1 N–H and O–H groups in total. The lowest BCUT2D eigenvalue weighted by Gasteiger charge is -2.37. The van der Waals surface area contributed by atoms with Gasteiger partial charge in [0.25, 0.3) is 0 Å². The van der Waals surface area contributed by atoms with Crippen molar-refractivity contribution in [2.24, 2.45) is 5.92 Å². The summed E-state index contributed by atoms with van der Waals surface area (Å²) in [7, 11) is 0. The molecule has 1 fully saturated rings. The van der Waals surface area contributed by atoms with Crippen LogP contribution in [0.5, 0.6) is 0 Å². The van der Waals surface area contributed by atoms with Crippen LogP contribution in [0.3, 0.4) is 0 Å². The van der Waals surface area contributed by atoms with Crippen molar-refractivity contribution in [2.75, 3.05) is 0 Å². The molecule has 1 rings (SSSR count). The zero-order valence-electron chi connectivity index (χ0n) is 12.5. The Morgan fingerprint density at radius 2 is 1.82 bits per heavy atom. The second kappa shape index (κ2) is 4.89. The number of aliphatic hydroxyl groups is 1. The first kappa shape index (κ1) is 15.0. The van der Waals surface area contributed by atoms with Crippen LogP contribution in [0.15, 0.2) is 0 Å². The lowest BCUT2D eigenvalue weighted by Crippen LogP contribution is -2.44. The van der Waals surface area contributed by atoms with Crippen LogP contribution < -0.4 is 0 Å². The molecule has 2 unspecified atom stereocenters. The lowest BCUT2D eigenvalue weighted by atomic mass is 9.73. The van der Waals surface area contributed by atoms with Crippen LogP contribution in [0.2, 0.25) is 0 Å². The molecule has 0 spiro atoms. The number of ether oxygens (including phenoxy) is 1. The Bertz CT molecular complexity index is 254. The molecular formula is C15H30O2. The van der Waals surface area contributed by atoms with E-state index in [-0.39, 0.29) is 17.1 Å². The highest BCUT2D eigenvalue weighted by molar-refractivity contribution is 5.02. The lowest BCUT2D eigenvalue weighted by molar-refractivity contribution is -0.110. The van der Waals surface area contributed by atoms with Crippen molar-refractivity contribution < 1.29 is 9.84 Å². The van der Waals surface area contributed by atoms with E-state index in [4.69, 9.17) is 4.74 Å². The molecule has 0 amide bonds. The highest BCUT2D eigenvalue weighted by Gasteiger charge is 2.52. The summed E-state index contributed by atoms with van der Waals surface area (Å²) in [6.45, 7) is 12.6. The summed E-state index contributed by atoms with van der Waals surface area (Å²) in [6.07, 6.45) is 5.34. The molecule has 2 nitrogen and oxygen atoms in total. The summed E-state index contributed by atoms with van der Waals surface area (Å²) in [5.74, 6) is 0.224. The molecule has 0 aromatic heterocycles. The third-order valence-corrected chi connectivity index (χ3v) is 4.11. The van der Waals surface area contributed by atoms with Crippen LogP contribution in [0.25, 0.3) is 0 Å². The van der Waals surface area contributed by atoms with Crippen molar-refractivity contribution in [3.05, 3.63) is 0 Å². The minimum absolute atomic E-state index is 0.108. The summed E-state index contributed by atoms with van der Waals surface area (Å²) in [5, 5.41) is 10.7. The van der Waals surface area contributed by atoms with Crippen LogP contribution in [-0.2, 0) is 4.74 Å². The fourth-order valence-corrected chi connectivity index (χ4v) is 3.44. The third kappa shape index (κ3) is 3.69. The average Bonchev–Trinajstić information content (AvgIpc) is 2.35. The summed E-state index contributed by atoms with van der Waals surface area (Å²) >= 11 is 0. The van der Waals surface area contributed by atoms with E-state index in [9.17, 15) is 5.11 Å². The molecule has 2 heteroatoms. The standard InChI is InChI=1S/C15H30O2/c1-7-8-9-10-15(6,16)12-11-13(2,3)17-14(12,4)5/h12,16H,7-11H2,1-6H3. The maximum Gasteiger partial charge on any atom is 0.0690 e. The number of rotatable bonds is 5. The van der Waals surface area contributed by atoms with Gasteiger partial charge in [-0.2, -0.15) is 0 Å². The van der Waals surface area contributed by atoms with E-state index in [1.54, 1.807) is 0 Å². The monoisotopic (exact) mass is 242 g/mol. The molecule has 0 aliphatic carbocycles. The smallest absolute Gasteiger partial charge is 0.0690 e. The van der Waals surface area contributed by atoms with Crippen molar-refractivity contribution in [1.82, 2.24) is 0 Å². The summed E-state index contributed by atoms with van der Waals surface area (Å²) in [4.78, 5) is 0. The molecule has 1 aliphatic rings. The van der Waals surface area contributed by atoms with Gasteiger partial charge in [0.15, 0.2) is 0 Å². The van der Waals surface area contributed by atoms with Gasteiger partial charge in [0.05, 0.1) is 16.8 Å². The van der Waals surface area contributed by atoms with Crippen molar-refractivity contribution in [3.63, 3.8) is 0 Å². The SMILES string of the molecule is CCCCCC(C)(O)C1CC(C)(C)OC1(C)C.